The molecule has 0 atom stereocenters. The average Bonchev–Trinajstić information content (AvgIpc) is 3.26. The first-order valence-electron chi connectivity index (χ1n) is 11.2. The third-order valence-electron chi connectivity index (χ3n) is 5.95. The predicted octanol–water partition coefficient (Wildman–Crippen LogP) is 4.56. The summed E-state index contributed by atoms with van der Waals surface area (Å²) in [5.41, 5.74) is 3.31. The lowest BCUT2D eigenvalue weighted by Gasteiger charge is -2.30. The summed E-state index contributed by atoms with van der Waals surface area (Å²) in [6, 6.07) is 16.2. The van der Waals surface area contributed by atoms with Gasteiger partial charge in [0.2, 0.25) is 0 Å². The topological polar surface area (TPSA) is 69.4 Å². The summed E-state index contributed by atoms with van der Waals surface area (Å²) in [7, 11) is 0. The van der Waals surface area contributed by atoms with Crippen LogP contribution in [0.1, 0.15) is 21.7 Å². The second-order valence-corrected chi connectivity index (χ2v) is 8.49. The van der Waals surface area contributed by atoms with Crippen LogP contribution >= 0.6 is 0 Å². The van der Waals surface area contributed by atoms with Crippen LogP contribution in [0.2, 0.25) is 0 Å². The van der Waals surface area contributed by atoms with Gasteiger partial charge < -0.3 is 18.8 Å². The van der Waals surface area contributed by atoms with E-state index in [1.165, 1.54) is 22.8 Å². The summed E-state index contributed by atoms with van der Waals surface area (Å²) < 4.78 is 44.9. The number of rotatable bonds is 5. The van der Waals surface area contributed by atoms with Gasteiger partial charge in [0, 0.05) is 25.8 Å². The van der Waals surface area contributed by atoms with Gasteiger partial charge in [0.25, 0.3) is 11.5 Å². The number of halogens is 3. The molecule has 0 fully saturated rings. The highest BCUT2D eigenvalue weighted by Crippen LogP contribution is 2.29. The number of hydrogen-bond acceptors (Lipinski definition) is 4. The van der Waals surface area contributed by atoms with Gasteiger partial charge in [-0.1, -0.05) is 30.3 Å². The predicted molar refractivity (Wildman–Crippen MR) is 126 cm³/mol. The molecule has 7 nitrogen and oxygen atoms in total. The minimum Gasteiger partial charge on any atom is -0.406 e. The maximum Gasteiger partial charge on any atom is 0.573 e. The highest BCUT2D eigenvalue weighted by molar-refractivity contribution is 5.93. The van der Waals surface area contributed by atoms with Crippen LogP contribution in [0.4, 0.5) is 13.2 Å². The normalized spacial score (nSPS) is 13.6. The number of aryl methyl sites for hydroxylation is 1. The summed E-state index contributed by atoms with van der Waals surface area (Å²) >= 11 is 0. The van der Waals surface area contributed by atoms with E-state index in [-0.39, 0.29) is 17.2 Å². The molecular formula is C26H21F3N4O3. The fourth-order valence-corrected chi connectivity index (χ4v) is 4.30. The number of carbonyl (C=O) groups is 1. The average molecular weight is 494 g/mol. The molecule has 2 aromatic carbocycles. The zero-order valence-corrected chi connectivity index (χ0v) is 19.2. The van der Waals surface area contributed by atoms with Crippen LogP contribution in [0.3, 0.4) is 0 Å². The third-order valence-corrected chi connectivity index (χ3v) is 5.95. The number of alkyl halides is 3. The molecule has 10 heteroatoms. The molecule has 1 aliphatic rings. The number of fused-ring (bicyclic) bond motifs is 1. The van der Waals surface area contributed by atoms with Crippen molar-refractivity contribution < 1.29 is 22.7 Å². The maximum absolute atomic E-state index is 13.2. The summed E-state index contributed by atoms with van der Waals surface area (Å²) in [5, 5.41) is 0. The van der Waals surface area contributed by atoms with E-state index in [4.69, 9.17) is 0 Å². The van der Waals surface area contributed by atoms with Gasteiger partial charge in [-0.25, -0.2) is 4.98 Å². The van der Waals surface area contributed by atoms with Gasteiger partial charge in [-0.15, -0.1) is 13.2 Å². The summed E-state index contributed by atoms with van der Waals surface area (Å²) in [5.74, 6) is -0.568. The second-order valence-electron chi connectivity index (χ2n) is 8.49. The monoisotopic (exact) mass is 494 g/mol. The van der Waals surface area contributed by atoms with Crippen molar-refractivity contribution in [1.82, 2.24) is 19.0 Å². The largest absolute Gasteiger partial charge is 0.573 e. The molecule has 0 spiro atoms. The maximum atomic E-state index is 13.2. The molecule has 2 aromatic heterocycles. The molecule has 0 bridgehead atoms. The zero-order chi connectivity index (χ0) is 25.4. The second kappa shape index (κ2) is 9.03. The number of pyridine rings is 1. The van der Waals surface area contributed by atoms with Gasteiger partial charge in [-0.3, -0.25) is 9.59 Å². The van der Waals surface area contributed by atoms with Crippen LogP contribution < -0.4 is 10.3 Å². The highest BCUT2D eigenvalue weighted by atomic mass is 19.4. The first-order valence-corrected chi connectivity index (χ1v) is 11.2. The van der Waals surface area contributed by atoms with Gasteiger partial charge >= 0.3 is 6.36 Å². The Morgan fingerprint density at radius 2 is 1.72 bits per heavy atom. The highest BCUT2D eigenvalue weighted by Gasteiger charge is 2.31. The Morgan fingerprint density at radius 1 is 0.972 bits per heavy atom. The van der Waals surface area contributed by atoms with Crippen molar-refractivity contribution in [2.24, 2.45) is 0 Å². The number of hydrogen-bond donors (Lipinski definition) is 0. The summed E-state index contributed by atoms with van der Waals surface area (Å²) in [6.07, 6.45) is -1.46. The Morgan fingerprint density at radius 3 is 2.44 bits per heavy atom. The van der Waals surface area contributed by atoms with E-state index in [1.807, 2.05) is 19.1 Å². The molecule has 1 amide bonds. The van der Waals surface area contributed by atoms with Gasteiger partial charge in [-0.05, 0) is 53.9 Å². The lowest BCUT2D eigenvalue weighted by molar-refractivity contribution is -0.274. The fraction of sp³-hybridized carbons (Fsp3) is 0.192. The minimum absolute atomic E-state index is 0.263. The Kier molecular flexibility index (Phi) is 5.87. The molecule has 184 valence electrons. The first kappa shape index (κ1) is 23.4. The van der Waals surface area contributed by atoms with E-state index in [1.54, 1.807) is 52.3 Å². The quantitative estimate of drug-likeness (QED) is 0.408. The van der Waals surface area contributed by atoms with Crippen molar-refractivity contribution in [3.63, 3.8) is 0 Å². The van der Waals surface area contributed by atoms with Crippen molar-refractivity contribution in [3.05, 3.63) is 100 Å². The van der Waals surface area contributed by atoms with Gasteiger partial charge in [0.1, 0.15) is 17.1 Å². The van der Waals surface area contributed by atoms with Crippen molar-refractivity contribution in [2.45, 2.75) is 26.4 Å². The number of amides is 1. The van der Waals surface area contributed by atoms with Gasteiger partial charge in [-0.2, -0.15) is 0 Å². The lowest BCUT2D eigenvalue weighted by atomic mass is 10.0. The summed E-state index contributed by atoms with van der Waals surface area (Å²) in [4.78, 5) is 32.0. The van der Waals surface area contributed by atoms with E-state index in [0.717, 1.165) is 11.3 Å². The van der Waals surface area contributed by atoms with Crippen LogP contribution in [0.15, 0.2) is 78.0 Å². The summed E-state index contributed by atoms with van der Waals surface area (Å²) in [6.45, 7) is 2.81. The third kappa shape index (κ3) is 4.74. The van der Waals surface area contributed by atoms with Gasteiger partial charge in [0.05, 0.1) is 12.0 Å². The van der Waals surface area contributed by atoms with E-state index in [2.05, 4.69) is 9.72 Å². The standard InChI is InChI=1S/C26H21F3N4O3/c1-17-14-32(16-30-17)22-8-9-23-24(34)31(10-11-33(23)25(22)35)15-18-4-2-5-19(12-18)20-6-3-7-21(13-20)36-26(27,28)29/h2-9,12-14,16H,10-11,15H2,1H3. The minimum atomic E-state index is -4.77. The van der Waals surface area contributed by atoms with Crippen LogP contribution in [0.25, 0.3) is 16.8 Å². The van der Waals surface area contributed by atoms with E-state index in [0.29, 0.717) is 42.1 Å². The number of carbonyl (C=O) groups excluding carboxylic acids is 1. The number of benzene rings is 2. The van der Waals surface area contributed by atoms with Crippen molar-refractivity contribution >= 4 is 5.91 Å². The molecule has 36 heavy (non-hydrogen) atoms. The van der Waals surface area contributed by atoms with Crippen LogP contribution in [-0.2, 0) is 13.1 Å². The molecule has 1 aliphatic heterocycles. The van der Waals surface area contributed by atoms with Crippen LogP contribution in [0, 0.1) is 6.92 Å². The molecule has 0 aliphatic carbocycles. The molecular weight excluding hydrogens is 473 g/mol. The number of ether oxygens (including phenoxy) is 1. The fourth-order valence-electron chi connectivity index (χ4n) is 4.30. The lowest BCUT2D eigenvalue weighted by Crippen LogP contribution is -2.44. The smallest absolute Gasteiger partial charge is 0.406 e. The molecule has 3 heterocycles. The Balaban J connectivity index is 1.37. The Hall–Kier alpha value is -4.34. The van der Waals surface area contributed by atoms with Crippen molar-refractivity contribution in [1.29, 1.82) is 0 Å². The number of imidazole rings is 1. The SMILES string of the molecule is Cc1cn(-c2ccc3n(c2=O)CCN(Cc2cccc(-c4cccc(OC(F)(F)F)c4)c2)C3=O)cn1. The van der Waals surface area contributed by atoms with E-state index >= 15 is 0 Å². The van der Waals surface area contributed by atoms with Crippen molar-refractivity contribution in [2.75, 3.05) is 6.54 Å². The van der Waals surface area contributed by atoms with E-state index < -0.39 is 6.36 Å². The van der Waals surface area contributed by atoms with Gasteiger partial charge in [0.15, 0.2) is 0 Å². The number of nitrogens with zero attached hydrogens (tertiary/aromatic N) is 4. The Labute approximate surface area is 204 Å². The molecule has 4 aromatic rings. The number of aromatic nitrogens is 3. The first-order chi connectivity index (χ1) is 17.2. The molecule has 0 N–H and O–H groups in total. The molecule has 0 unspecified atom stereocenters. The van der Waals surface area contributed by atoms with Crippen LogP contribution in [-0.4, -0.2) is 37.8 Å². The van der Waals surface area contributed by atoms with Crippen molar-refractivity contribution in [3.8, 4) is 22.6 Å². The molecule has 5 rings (SSSR count). The molecule has 0 saturated heterocycles. The molecule has 0 radical (unpaired) electrons. The Bertz CT molecular complexity index is 1510. The molecule has 0 saturated carbocycles. The van der Waals surface area contributed by atoms with E-state index in [9.17, 15) is 22.8 Å². The van der Waals surface area contributed by atoms with Crippen LogP contribution in [0.5, 0.6) is 5.75 Å². The zero-order valence-electron chi connectivity index (χ0n) is 19.2.